The van der Waals surface area contributed by atoms with Gasteiger partial charge in [0.1, 0.15) is 0 Å². The van der Waals surface area contributed by atoms with Gasteiger partial charge in [-0.2, -0.15) is 0 Å². The summed E-state index contributed by atoms with van der Waals surface area (Å²) in [6.45, 7) is 1.43. The second-order valence-electron chi connectivity index (χ2n) is 3.22. The minimum atomic E-state index is -0.469. The van der Waals surface area contributed by atoms with Crippen LogP contribution in [0.2, 0.25) is 0 Å². The molecule has 2 aromatic rings. The molecule has 76 valence electrons. The average Bonchev–Trinajstić information content (AvgIpc) is 2.59. The smallest absolute Gasteiger partial charge is 0.294 e. The summed E-state index contributed by atoms with van der Waals surface area (Å²) in [6.07, 6.45) is 1.30. The lowest BCUT2D eigenvalue weighted by Gasteiger charge is -1.96. The Morgan fingerprint density at radius 3 is 2.80 bits per heavy atom. The number of benzene rings is 1. The lowest BCUT2D eigenvalue weighted by atomic mass is 10.1. The van der Waals surface area contributed by atoms with Gasteiger partial charge < -0.3 is 4.98 Å². The summed E-state index contributed by atoms with van der Waals surface area (Å²) in [6, 6.07) is 4.90. The molecule has 5 nitrogen and oxygen atoms in total. The van der Waals surface area contributed by atoms with Crippen molar-refractivity contribution in [2.24, 2.45) is 0 Å². The summed E-state index contributed by atoms with van der Waals surface area (Å²) in [5.41, 5.74) is 0.991. The van der Waals surface area contributed by atoms with Crippen LogP contribution in [0.4, 0.5) is 5.69 Å². The van der Waals surface area contributed by atoms with Gasteiger partial charge in [0.15, 0.2) is 5.78 Å². The van der Waals surface area contributed by atoms with Gasteiger partial charge in [-0.25, -0.2) is 0 Å². The van der Waals surface area contributed by atoms with Crippen LogP contribution in [0.5, 0.6) is 0 Å². The highest BCUT2D eigenvalue weighted by molar-refractivity contribution is 6.07. The van der Waals surface area contributed by atoms with Crippen LogP contribution in [-0.2, 0) is 0 Å². The maximum atomic E-state index is 11.2. The zero-order valence-corrected chi connectivity index (χ0v) is 7.98. The van der Waals surface area contributed by atoms with Crippen molar-refractivity contribution in [3.05, 3.63) is 40.1 Å². The minimum absolute atomic E-state index is 0.00639. The molecular weight excluding hydrogens is 196 g/mol. The molecule has 15 heavy (non-hydrogen) atoms. The lowest BCUT2D eigenvalue weighted by Crippen LogP contribution is -1.93. The summed E-state index contributed by atoms with van der Waals surface area (Å²) in [5.74, 6) is -0.114. The molecule has 0 spiro atoms. The third-order valence-corrected chi connectivity index (χ3v) is 2.27. The first-order valence-corrected chi connectivity index (χ1v) is 4.36. The van der Waals surface area contributed by atoms with Gasteiger partial charge in [-0.15, -0.1) is 0 Å². The Bertz CT molecular complexity index is 557. The molecule has 0 amide bonds. The quantitative estimate of drug-likeness (QED) is 0.463. The maximum Gasteiger partial charge on any atom is 0.294 e. The molecule has 2 rings (SSSR count). The molecule has 0 fully saturated rings. The fourth-order valence-corrected chi connectivity index (χ4v) is 1.58. The molecule has 0 unspecified atom stereocenters. The highest BCUT2D eigenvalue weighted by Gasteiger charge is 2.16. The number of carbonyl (C=O) groups is 1. The Hall–Kier alpha value is -2.17. The number of hydrogen-bond acceptors (Lipinski definition) is 3. The van der Waals surface area contributed by atoms with Crippen molar-refractivity contribution in [2.75, 3.05) is 0 Å². The van der Waals surface area contributed by atoms with Gasteiger partial charge in [-0.3, -0.25) is 14.9 Å². The van der Waals surface area contributed by atoms with Crippen molar-refractivity contribution >= 4 is 22.4 Å². The molecule has 1 N–H and O–H groups in total. The van der Waals surface area contributed by atoms with E-state index in [9.17, 15) is 14.9 Å². The number of nitrogens with zero attached hydrogens (tertiary/aromatic N) is 1. The molecule has 0 saturated heterocycles. The van der Waals surface area contributed by atoms with E-state index in [1.165, 1.54) is 13.1 Å². The highest BCUT2D eigenvalue weighted by atomic mass is 16.6. The molecule has 0 radical (unpaired) electrons. The first-order valence-electron chi connectivity index (χ1n) is 4.36. The molecule has 1 heterocycles. The topological polar surface area (TPSA) is 76.0 Å². The van der Waals surface area contributed by atoms with Crippen molar-refractivity contribution in [3.63, 3.8) is 0 Å². The summed E-state index contributed by atoms with van der Waals surface area (Å²) in [5, 5.41) is 11.1. The van der Waals surface area contributed by atoms with Crippen molar-refractivity contribution < 1.29 is 9.72 Å². The molecule has 1 aromatic carbocycles. The highest BCUT2D eigenvalue weighted by Crippen LogP contribution is 2.27. The van der Waals surface area contributed by atoms with E-state index in [-0.39, 0.29) is 11.5 Å². The average molecular weight is 204 g/mol. The molecule has 0 aliphatic rings. The van der Waals surface area contributed by atoms with E-state index in [1.807, 2.05) is 0 Å². The normalized spacial score (nSPS) is 10.5. The van der Waals surface area contributed by atoms with Crippen LogP contribution in [0.25, 0.3) is 10.9 Å². The van der Waals surface area contributed by atoms with Crippen LogP contribution in [-0.4, -0.2) is 15.7 Å². The molecule has 0 saturated carbocycles. The molecule has 5 heteroatoms. The number of carbonyl (C=O) groups excluding carboxylic acids is 1. The van der Waals surface area contributed by atoms with Gasteiger partial charge >= 0.3 is 0 Å². The zero-order chi connectivity index (χ0) is 11.0. The Balaban J connectivity index is 2.80. The number of ketones is 1. The van der Waals surface area contributed by atoms with Gasteiger partial charge in [0.05, 0.1) is 22.0 Å². The third-order valence-electron chi connectivity index (χ3n) is 2.27. The van der Waals surface area contributed by atoms with Gasteiger partial charge in [0.25, 0.3) is 5.69 Å². The van der Waals surface area contributed by atoms with Crippen LogP contribution in [0.15, 0.2) is 24.4 Å². The van der Waals surface area contributed by atoms with Crippen LogP contribution in [0.1, 0.15) is 17.3 Å². The number of aromatic nitrogens is 1. The fraction of sp³-hybridized carbons (Fsp3) is 0.100. The lowest BCUT2D eigenvalue weighted by molar-refractivity contribution is -0.383. The van der Waals surface area contributed by atoms with Crippen LogP contribution in [0, 0.1) is 10.1 Å². The summed E-state index contributed by atoms with van der Waals surface area (Å²) < 4.78 is 0. The summed E-state index contributed by atoms with van der Waals surface area (Å²) in [4.78, 5) is 24.2. The number of para-hydroxylation sites is 1. The minimum Gasteiger partial charge on any atom is -0.355 e. The van der Waals surface area contributed by atoms with Crippen LogP contribution >= 0.6 is 0 Å². The Morgan fingerprint density at radius 1 is 1.47 bits per heavy atom. The van der Waals surface area contributed by atoms with E-state index < -0.39 is 4.92 Å². The van der Waals surface area contributed by atoms with Gasteiger partial charge in [-0.05, 0) is 19.1 Å². The number of rotatable bonds is 2. The summed E-state index contributed by atoms with van der Waals surface area (Å²) >= 11 is 0. The van der Waals surface area contributed by atoms with Crippen LogP contribution < -0.4 is 0 Å². The summed E-state index contributed by atoms with van der Waals surface area (Å²) in [7, 11) is 0. The van der Waals surface area contributed by atoms with E-state index in [1.54, 1.807) is 18.2 Å². The molecule has 0 aliphatic carbocycles. The predicted molar refractivity (Wildman–Crippen MR) is 55.0 cm³/mol. The number of Topliss-reactive ketones (excluding diaryl/α,β-unsaturated/α-hetero) is 1. The Morgan fingerprint density at radius 2 is 2.20 bits per heavy atom. The number of nitrogens with one attached hydrogen (secondary N) is 1. The standard InChI is InChI=1S/C10H8N2O3/c1-6(13)7-3-2-4-8-9(12(14)15)5-11-10(7)8/h2-5,11H,1H3. The number of aromatic amines is 1. The number of hydrogen-bond donors (Lipinski definition) is 1. The number of nitro groups is 1. The van der Waals surface area contributed by atoms with Gasteiger partial charge in [0.2, 0.25) is 0 Å². The molecule has 0 bridgehead atoms. The third kappa shape index (κ3) is 1.38. The first-order chi connectivity index (χ1) is 7.11. The van der Waals surface area contributed by atoms with E-state index in [4.69, 9.17) is 0 Å². The second-order valence-corrected chi connectivity index (χ2v) is 3.22. The van der Waals surface area contributed by atoms with Crippen molar-refractivity contribution in [1.29, 1.82) is 0 Å². The van der Waals surface area contributed by atoms with Crippen LogP contribution in [0.3, 0.4) is 0 Å². The van der Waals surface area contributed by atoms with E-state index in [0.29, 0.717) is 16.5 Å². The van der Waals surface area contributed by atoms with Crippen molar-refractivity contribution in [2.45, 2.75) is 6.92 Å². The fourth-order valence-electron chi connectivity index (χ4n) is 1.58. The predicted octanol–water partition coefficient (Wildman–Crippen LogP) is 2.28. The van der Waals surface area contributed by atoms with E-state index >= 15 is 0 Å². The Kier molecular flexibility index (Phi) is 2.00. The van der Waals surface area contributed by atoms with Gasteiger partial charge in [0, 0.05) is 5.56 Å². The zero-order valence-electron chi connectivity index (χ0n) is 7.98. The number of H-pyrrole nitrogens is 1. The molecular formula is C10H8N2O3. The second kappa shape index (κ2) is 3.20. The monoisotopic (exact) mass is 204 g/mol. The largest absolute Gasteiger partial charge is 0.355 e. The van der Waals surface area contributed by atoms with Crippen molar-refractivity contribution in [1.82, 2.24) is 4.98 Å². The molecule has 0 atom stereocenters. The van der Waals surface area contributed by atoms with E-state index in [2.05, 4.69) is 4.98 Å². The van der Waals surface area contributed by atoms with E-state index in [0.717, 1.165) is 0 Å². The maximum absolute atomic E-state index is 11.2. The van der Waals surface area contributed by atoms with Crippen molar-refractivity contribution in [3.8, 4) is 0 Å². The van der Waals surface area contributed by atoms with Gasteiger partial charge in [-0.1, -0.05) is 6.07 Å². The molecule has 1 aromatic heterocycles. The number of fused-ring (bicyclic) bond motifs is 1. The molecule has 0 aliphatic heterocycles. The first kappa shape index (κ1) is 9.39. The Labute approximate surface area is 84.9 Å². The SMILES string of the molecule is CC(=O)c1cccc2c([N+](=O)[O-])c[nH]c12.